The van der Waals surface area contributed by atoms with Gasteiger partial charge in [-0.1, -0.05) is 13.8 Å². The van der Waals surface area contributed by atoms with Crippen LogP contribution in [0.1, 0.15) is 33.1 Å². The van der Waals surface area contributed by atoms with Crippen molar-refractivity contribution >= 4 is 5.91 Å². The number of hydrogen-bond acceptors (Lipinski definition) is 3. The van der Waals surface area contributed by atoms with E-state index in [0.29, 0.717) is 19.5 Å². The van der Waals surface area contributed by atoms with Crippen LogP contribution in [0.5, 0.6) is 0 Å². The third kappa shape index (κ3) is 5.94. The fourth-order valence-corrected chi connectivity index (χ4v) is 1.09. The minimum absolute atomic E-state index is 0.00551. The van der Waals surface area contributed by atoms with E-state index in [9.17, 15) is 9.90 Å². The summed E-state index contributed by atoms with van der Waals surface area (Å²) in [6.07, 6.45) is 1.91. The lowest BCUT2D eigenvalue weighted by Crippen LogP contribution is -2.35. The van der Waals surface area contributed by atoms with Crippen molar-refractivity contribution < 1.29 is 9.90 Å². The van der Waals surface area contributed by atoms with Crippen molar-refractivity contribution in [1.29, 1.82) is 0 Å². The summed E-state index contributed by atoms with van der Waals surface area (Å²) < 4.78 is 0. The molecule has 1 amide bonds. The van der Waals surface area contributed by atoms with Crippen molar-refractivity contribution in [3.8, 4) is 0 Å². The molecule has 0 aromatic heterocycles. The van der Waals surface area contributed by atoms with Crippen LogP contribution in [0.2, 0.25) is 0 Å². The third-order valence-corrected chi connectivity index (χ3v) is 2.27. The van der Waals surface area contributed by atoms with Gasteiger partial charge in [0, 0.05) is 12.5 Å². The van der Waals surface area contributed by atoms with Gasteiger partial charge in [0.25, 0.3) is 0 Å². The molecule has 0 radical (unpaired) electrons. The SMILES string of the molecule is CCC(O)CNC(=O)C(C)CCCN. The first kappa shape index (κ1) is 13.4. The topological polar surface area (TPSA) is 75.3 Å². The third-order valence-electron chi connectivity index (χ3n) is 2.27. The molecule has 0 bridgehead atoms. The number of carbonyl (C=O) groups excluding carboxylic acids is 1. The normalized spacial score (nSPS) is 14.9. The van der Waals surface area contributed by atoms with Crippen molar-refractivity contribution in [3.63, 3.8) is 0 Å². The van der Waals surface area contributed by atoms with Crippen LogP contribution in [-0.2, 0) is 4.79 Å². The Bertz CT molecular complexity index is 162. The Balaban J connectivity index is 3.61. The van der Waals surface area contributed by atoms with Gasteiger partial charge in [0.1, 0.15) is 0 Å². The quantitative estimate of drug-likeness (QED) is 0.554. The molecule has 84 valence electrons. The maximum absolute atomic E-state index is 11.4. The van der Waals surface area contributed by atoms with Gasteiger partial charge in [0.15, 0.2) is 0 Å². The van der Waals surface area contributed by atoms with Gasteiger partial charge < -0.3 is 16.2 Å². The largest absolute Gasteiger partial charge is 0.391 e. The summed E-state index contributed by atoms with van der Waals surface area (Å²) in [7, 11) is 0. The van der Waals surface area contributed by atoms with Gasteiger partial charge in [-0.25, -0.2) is 0 Å². The van der Waals surface area contributed by atoms with E-state index in [1.54, 1.807) is 0 Å². The highest BCUT2D eigenvalue weighted by Crippen LogP contribution is 2.04. The number of rotatable bonds is 7. The van der Waals surface area contributed by atoms with Crippen molar-refractivity contribution in [3.05, 3.63) is 0 Å². The van der Waals surface area contributed by atoms with E-state index in [1.165, 1.54) is 0 Å². The number of nitrogens with one attached hydrogen (secondary N) is 1. The Hall–Kier alpha value is -0.610. The summed E-state index contributed by atoms with van der Waals surface area (Å²) in [5, 5.41) is 11.9. The first-order valence-electron chi connectivity index (χ1n) is 5.27. The van der Waals surface area contributed by atoms with Gasteiger partial charge in [-0.05, 0) is 25.8 Å². The molecule has 0 aliphatic rings. The lowest BCUT2D eigenvalue weighted by atomic mass is 10.0. The lowest BCUT2D eigenvalue weighted by Gasteiger charge is -2.13. The number of aliphatic hydroxyl groups excluding tert-OH is 1. The molecule has 2 unspecified atom stereocenters. The van der Waals surface area contributed by atoms with Crippen LogP contribution in [0.3, 0.4) is 0 Å². The highest BCUT2D eigenvalue weighted by Gasteiger charge is 2.12. The molecular formula is C10H22N2O2. The summed E-state index contributed by atoms with van der Waals surface area (Å²) in [6, 6.07) is 0. The number of carbonyl (C=O) groups is 1. The highest BCUT2D eigenvalue weighted by molar-refractivity contribution is 5.78. The van der Waals surface area contributed by atoms with Crippen molar-refractivity contribution in [2.75, 3.05) is 13.1 Å². The first-order chi connectivity index (χ1) is 6.61. The molecule has 0 rings (SSSR count). The number of hydrogen-bond donors (Lipinski definition) is 3. The van der Waals surface area contributed by atoms with E-state index in [0.717, 1.165) is 12.8 Å². The van der Waals surface area contributed by atoms with Crippen LogP contribution in [0.25, 0.3) is 0 Å². The number of nitrogens with two attached hydrogens (primary N) is 1. The second kappa shape index (κ2) is 7.76. The van der Waals surface area contributed by atoms with Gasteiger partial charge in [-0.3, -0.25) is 4.79 Å². The molecule has 2 atom stereocenters. The van der Waals surface area contributed by atoms with Crippen molar-refractivity contribution in [2.24, 2.45) is 11.7 Å². The predicted molar refractivity (Wildman–Crippen MR) is 56.8 cm³/mol. The summed E-state index contributed by atoms with van der Waals surface area (Å²) >= 11 is 0. The van der Waals surface area contributed by atoms with Crippen molar-refractivity contribution in [2.45, 2.75) is 39.2 Å². The maximum Gasteiger partial charge on any atom is 0.222 e. The van der Waals surface area contributed by atoms with Crippen LogP contribution < -0.4 is 11.1 Å². The van der Waals surface area contributed by atoms with E-state index in [2.05, 4.69) is 5.32 Å². The number of aliphatic hydroxyl groups is 1. The van der Waals surface area contributed by atoms with Crippen molar-refractivity contribution in [1.82, 2.24) is 5.32 Å². The summed E-state index contributed by atoms with van der Waals surface area (Å²) in [6.45, 7) is 4.73. The maximum atomic E-state index is 11.4. The smallest absolute Gasteiger partial charge is 0.222 e. The van der Waals surface area contributed by atoms with Crippen LogP contribution in [0.4, 0.5) is 0 Å². The molecular weight excluding hydrogens is 180 g/mol. The molecule has 0 fully saturated rings. The molecule has 0 aliphatic carbocycles. The molecule has 0 saturated carbocycles. The van der Waals surface area contributed by atoms with Crippen LogP contribution in [-0.4, -0.2) is 30.2 Å². The van der Waals surface area contributed by atoms with E-state index >= 15 is 0 Å². The van der Waals surface area contributed by atoms with E-state index in [-0.39, 0.29) is 11.8 Å². The Morgan fingerprint density at radius 2 is 2.21 bits per heavy atom. The summed E-state index contributed by atoms with van der Waals surface area (Å²) in [5.41, 5.74) is 5.35. The van der Waals surface area contributed by atoms with Crippen LogP contribution >= 0.6 is 0 Å². The molecule has 0 aromatic rings. The standard InChI is InChI=1S/C10H22N2O2/c1-3-9(13)7-12-10(14)8(2)5-4-6-11/h8-9,13H,3-7,11H2,1-2H3,(H,12,14). The van der Waals surface area contributed by atoms with Gasteiger partial charge in [-0.2, -0.15) is 0 Å². The van der Waals surface area contributed by atoms with Crippen LogP contribution in [0, 0.1) is 5.92 Å². The highest BCUT2D eigenvalue weighted by atomic mass is 16.3. The molecule has 4 nitrogen and oxygen atoms in total. The molecule has 4 heteroatoms. The summed E-state index contributed by atoms with van der Waals surface area (Å²) in [4.78, 5) is 11.4. The van der Waals surface area contributed by atoms with Crippen LogP contribution in [0.15, 0.2) is 0 Å². The fraction of sp³-hybridized carbons (Fsp3) is 0.900. The molecule has 0 aromatic carbocycles. The minimum Gasteiger partial charge on any atom is -0.391 e. The zero-order valence-corrected chi connectivity index (χ0v) is 9.12. The lowest BCUT2D eigenvalue weighted by molar-refractivity contribution is -0.125. The van der Waals surface area contributed by atoms with Gasteiger partial charge >= 0.3 is 0 Å². The van der Waals surface area contributed by atoms with E-state index in [4.69, 9.17) is 5.73 Å². The van der Waals surface area contributed by atoms with Gasteiger partial charge in [-0.15, -0.1) is 0 Å². The average Bonchev–Trinajstić information content (AvgIpc) is 2.21. The molecule has 0 heterocycles. The fourth-order valence-electron chi connectivity index (χ4n) is 1.09. The number of amides is 1. The average molecular weight is 202 g/mol. The second-order valence-corrected chi connectivity index (χ2v) is 3.64. The molecule has 0 aliphatic heterocycles. The van der Waals surface area contributed by atoms with E-state index < -0.39 is 6.10 Å². The second-order valence-electron chi connectivity index (χ2n) is 3.64. The molecule has 4 N–H and O–H groups in total. The Morgan fingerprint density at radius 1 is 1.57 bits per heavy atom. The van der Waals surface area contributed by atoms with Gasteiger partial charge in [0.05, 0.1) is 6.10 Å². The molecule has 14 heavy (non-hydrogen) atoms. The Morgan fingerprint density at radius 3 is 2.71 bits per heavy atom. The zero-order valence-electron chi connectivity index (χ0n) is 9.12. The van der Waals surface area contributed by atoms with E-state index in [1.807, 2.05) is 13.8 Å². The molecule has 0 saturated heterocycles. The van der Waals surface area contributed by atoms with Gasteiger partial charge in [0.2, 0.25) is 5.91 Å². The monoisotopic (exact) mass is 202 g/mol. The minimum atomic E-state index is -0.430. The first-order valence-corrected chi connectivity index (χ1v) is 5.27. The zero-order chi connectivity index (χ0) is 11.0. The predicted octanol–water partition coefficient (Wildman–Crippen LogP) is 0.249. The summed E-state index contributed by atoms with van der Waals surface area (Å²) in [5.74, 6) is -0.00597. The molecule has 0 spiro atoms. The Kier molecular flexibility index (Phi) is 7.42. The Labute approximate surface area is 85.9 Å².